The average Bonchev–Trinajstić information content (AvgIpc) is 2.17. The van der Waals surface area contributed by atoms with E-state index in [-0.39, 0.29) is 5.56 Å². The van der Waals surface area contributed by atoms with Gasteiger partial charge in [0, 0.05) is 5.69 Å². The first-order valence-corrected chi connectivity index (χ1v) is 4.75. The van der Waals surface area contributed by atoms with E-state index < -0.39 is 17.6 Å². The van der Waals surface area contributed by atoms with Gasteiger partial charge in [0.05, 0.1) is 0 Å². The van der Waals surface area contributed by atoms with Gasteiger partial charge in [0.2, 0.25) is 0 Å². The fraction of sp³-hybridized carbons (Fsp3) is 0.364. The lowest BCUT2D eigenvalue weighted by atomic mass is 10.1. The molecule has 0 radical (unpaired) electrons. The zero-order valence-electron chi connectivity index (χ0n) is 9.31. The Morgan fingerprint density at radius 1 is 1.56 bits per heavy atom. The Morgan fingerprint density at radius 3 is 2.56 bits per heavy atom. The van der Waals surface area contributed by atoms with Crippen LogP contribution in [0.3, 0.4) is 0 Å². The molecule has 0 aliphatic rings. The lowest BCUT2D eigenvalue weighted by molar-refractivity contribution is -0.140. The highest BCUT2D eigenvalue weighted by Crippen LogP contribution is 2.11. The van der Waals surface area contributed by atoms with Crippen molar-refractivity contribution in [1.29, 1.82) is 5.26 Å². The first-order valence-electron chi connectivity index (χ1n) is 4.75. The van der Waals surface area contributed by atoms with E-state index in [0.29, 0.717) is 11.3 Å². The topological polar surface area (TPSA) is 83.1 Å². The first-order chi connectivity index (χ1) is 7.40. The molecule has 1 unspecified atom stereocenters. The number of aliphatic carboxylic acids is 1. The minimum atomic E-state index is -1.10. The van der Waals surface area contributed by atoms with Crippen LogP contribution in [0.5, 0.6) is 0 Å². The third-order valence-electron chi connectivity index (χ3n) is 2.49. The van der Waals surface area contributed by atoms with E-state index in [1.807, 2.05) is 0 Å². The number of carbonyl (C=O) groups is 1. The van der Waals surface area contributed by atoms with Crippen LogP contribution in [0.1, 0.15) is 29.8 Å². The molecule has 1 rings (SSSR count). The van der Waals surface area contributed by atoms with Gasteiger partial charge in [-0.05, 0) is 32.4 Å². The molecule has 0 saturated heterocycles. The van der Waals surface area contributed by atoms with Crippen LogP contribution in [0, 0.1) is 25.2 Å². The zero-order chi connectivity index (χ0) is 12.5. The Labute approximate surface area is 92.6 Å². The fourth-order valence-corrected chi connectivity index (χ4v) is 1.63. The number of hydrogen-bond acceptors (Lipinski definition) is 3. The molecule has 0 saturated carbocycles. The van der Waals surface area contributed by atoms with Crippen LogP contribution in [0.15, 0.2) is 10.9 Å². The lowest BCUT2D eigenvalue weighted by Crippen LogP contribution is -2.31. The second kappa shape index (κ2) is 4.19. The van der Waals surface area contributed by atoms with Crippen molar-refractivity contribution in [3.63, 3.8) is 0 Å². The van der Waals surface area contributed by atoms with Gasteiger partial charge in [-0.15, -0.1) is 0 Å². The van der Waals surface area contributed by atoms with Gasteiger partial charge in [-0.2, -0.15) is 5.26 Å². The lowest BCUT2D eigenvalue weighted by Gasteiger charge is -2.15. The fourth-order valence-electron chi connectivity index (χ4n) is 1.63. The van der Waals surface area contributed by atoms with Crippen LogP contribution < -0.4 is 5.56 Å². The van der Waals surface area contributed by atoms with Crippen LogP contribution in [-0.2, 0) is 4.79 Å². The number of nitrogens with zero attached hydrogens (tertiary/aromatic N) is 2. The predicted molar refractivity (Wildman–Crippen MR) is 57.2 cm³/mol. The summed E-state index contributed by atoms with van der Waals surface area (Å²) in [6, 6.07) is 2.46. The molecule has 16 heavy (non-hydrogen) atoms. The molecule has 84 valence electrons. The Balaban J connectivity index is 3.60. The Kier molecular flexibility index (Phi) is 3.14. The van der Waals surface area contributed by atoms with E-state index in [9.17, 15) is 9.59 Å². The van der Waals surface area contributed by atoms with Gasteiger partial charge in [0.15, 0.2) is 0 Å². The summed E-state index contributed by atoms with van der Waals surface area (Å²) in [5.74, 6) is -1.10. The van der Waals surface area contributed by atoms with Crippen LogP contribution in [0.2, 0.25) is 0 Å². The van der Waals surface area contributed by atoms with Crippen molar-refractivity contribution < 1.29 is 9.90 Å². The summed E-state index contributed by atoms with van der Waals surface area (Å²) in [5.41, 5.74) is 0.559. The highest BCUT2D eigenvalue weighted by atomic mass is 16.4. The second-order valence-corrected chi connectivity index (χ2v) is 3.64. The van der Waals surface area contributed by atoms with Crippen molar-refractivity contribution in [1.82, 2.24) is 4.57 Å². The molecule has 0 aliphatic heterocycles. The molecule has 0 aromatic carbocycles. The average molecular weight is 220 g/mol. The smallest absolute Gasteiger partial charge is 0.326 e. The predicted octanol–water partition coefficient (Wildman–Crippen LogP) is 0.982. The third kappa shape index (κ3) is 1.82. The molecular weight excluding hydrogens is 208 g/mol. The molecule has 1 aromatic rings. The summed E-state index contributed by atoms with van der Waals surface area (Å²) in [7, 11) is 0. The van der Waals surface area contributed by atoms with Crippen molar-refractivity contribution in [2.24, 2.45) is 0 Å². The molecule has 0 bridgehead atoms. The van der Waals surface area contributed by atoms with E-state index in [1.165, 1.54) is 6.92 Å². The molecule has 0 spiro atoms. The van der Waals surface area contributed by atoms with Gasteiger partial charge in [-0.25, -0.2) is 4.79 Å². The second-order valence-electron chi connectivity index (χ2n) is 3.64. The summed E-state index contributed by atoms with van der Waals surface area (Å²) in [5, 5.41) is 17.7. The van der Waals surface area contributed by atoms with E-state index >= 15 is 0 Å². The van der Waals surface area contributed by atoms with E-state index in [2.05, 4.69) is 0 Å². The number of pyridine rings is 1. The normalized spacial score (nSPS) is 11.9. The number of hydrogen-bond donors (Lipinski definition) is 1. The van der Waals surface area contributed by atoms with Gasteiger partial charge < -0.3 is 5.11 Å². The SMILES string of the molecule is Cc1cc(C)n(C(C)C(=O)O)c(=O)c1C#N. The number of nitriles is 1. The quantitative estimate of drug-likeness (QED) is 0.805. The Morgan fingerprint density at radius 2 is 2.12 bits per heavy atom. The van der Waals surface area contributed by atoms with Crippen molar-refractivity contribution >= 4 is 5.97 Å². The van der Waals surface area contributed by atoms with E-state index in [1.54, 1.807) is 26.0 Å². The maximum absolute atomic E-state index is 11.9. The van der Waals surface area contributed by atoms with Gasteiger partial charge in [-0.1, -0.05) is 0 Å². The summed E-state index contributed by atoms with van der Waals surface area (Å²) >= 11 is 0. The van der Waals surface area contributed by atoms with E-state index in [0.717, 1.165) is 4.57 Å². The molecule has 0 amide bonds. The zero-order valence-corrected chi connectivity index (χ0v) is 9.31. The minimum absolute atomic E-state index is 0.00120. The Bertz CT molecular complexity index is 537. The molecular formula is C11H12N2O3. The van der Waals surface area contributed by atoms with Gasteiger partial charge in [0.25, 0.3) is 5.56 Å². The molecule has 1 heterocycles. The number of rotatable bonds is 2. The maximum Gasteiger partial charge on any atom is 0.326 e. The van der Waals surface area contributed by atoms with Gasteiger partial charge in [0.1, 0.15) is 17.7 Å². The maximum atomic E-state index is 11.9. The van der Waals surface area contributed by atoms with Crippen molar-refractivity contribution in [3.8, 4) is 6.07 Å². The first kappa shape index (κ1) is 12.0. The third-order valence-corrected chi connectivity index (χ3v) is 2.49. The van der Waals surface area contributed by atoms with Crippen molar-refractivity contribution in [3.05, 3.63) is 33.2 Å². The monoisotopic (exact) mass is 220 g/mol. The number of aryl methyl sites for hydroxylation is 2. The molecule has 1 N–H and O–H groups in total. The van der Waals surface area contributed by atoms with E-state index in [4.69, 9.17) is 10.4 Å². The van der Waals surface area contributed by atoms with Crippen LogP contribution in [-0.4, -0.2) is 15.6 Å². The number of carboxylic acid groups (broad SMARTS) is 1. The standard InChI is InChI=1S/C11H12N2O3/c1-6-4-7(2)13(8(3)11(15)16)10(14)9(6)5-12/h4,8H,1-3H3,(H,15,16). The number of aromatic nitrogens is 1. The summed E-state index contributed by atoms with van der Waals surface area (Å²) in [6.07, 6.45) is 0. The van der Waals surface area contributed by atoms with Crippen molar-refractivity contribution in [2.45, 2.75) is 26.8 Å². The van der Waals surface area contributed by atoms with Gasteiger partial charge >= 0.3 is 5.97 Å². The van der Waals surface area contributed by atoms with Crippen LogP contribution in [0.4, 0.5) is 0 Å². The molecule has 1 atom stereocenters. The summed E-state index contributed by atoms with van der Waals surface area (Å²) in [6.45, 7) is 4.71. The van der Waals surface area contributed by atoms with Gasteiger partial charge in [-0.3, -0.25) is 9.36 Å². The largest absolute Gasteiger partial charge is 0.480 e. The molecule has 5 nitrogen and oxygen atoms in total. The minimum Gasteiger partial charge on any atom is -0.480 e. The van der Waals surface area contributed by atoms with Crippen LogP contribution in [0.25, 0.3) is 0 Å². The summed E-state index contributed by atoms with van der Waals surface area (Å²) < 4.78 is 1.12. The number of carboxylic acids is 1. The summed E-state index contributed by atoms with van der Waals surface area (Å²) in [4.78, 5) is 22.7. The Hall–Kier alpha value is -2.09. The van der Waals surface area contributed by atoms with Crippen molar-refractivity contribution in [2.75, 3.05) is 0 Å². The highest BCUT2D eigenvalue weighted by molar-refractivity contribution is 5.71. The molecule has 1 aromatic heterocycles. The molecule has 5 heteroatoms. The highest BCUT2D eigenvalue weighted by Gasteiger charge is 2.19. The molecule has 0 aliphatic carbocycles. The van der Waals surface area contributed by atoms with Crippen LogP contribution >= 0.6 is 0 Å². The molecule has 0 fully saturated rings.